The summed E-state index contributed by atoms with van der Waals surface area (Å²) in [5.41, 5.74) is 5.21. The molecule has 0 bridgehead atoms. The number of benzene rings is 1. The van der Waals surface area contributed by atoms with Crippen LogP contribution in [0.1, 0.15) is 12.5 Å². The lowest BCUT2D eigenvalue weighted by molar-refractivity contribution is -0.119. The molecule has 164 valence electrons. The number of hydrogen-bond acceptors (Lipinski definition) is 6. The Labute approximate surface area is 186 Å². The number of anilines is 2. The quantitative estimate of drug-likeness (QED) is 0.438. The van der Waals surface area contributed by atoms with Gasteiger partial charge in [-0.15, -0.1) is 0 Å². The molecule has 5 rings (SSSR count). The first-order valence-electron chi connectivity index (χ1n) is 10.9. The molecule has 0 radical (unpaired) electrons. The first-order chi connectivity index (χ1) is 15.7. The number of imidazole rings is 1. The predicted molar refractivity (Wildman–Crippen MR) is 123 cm³/mol. The number of aromatic amines is 1. The third-order valence-electron chi connectivity index (χ3n) is 5.81. The van der Waals surface area contributed by atoms with Gasteiger partial charge in [0.25, 0.3) is 0 Å². The summed E-state index contributed by atoms with van der Waals surface area (Å²) < 4.78 is 1.92. The Bertz CT molecular complexity index is 1220. The molecule has 0 saturated carbocycles. The minimum absolute atomic E-state index is 0.658. The molecule has 0 spiro atoms. The fraction of sp³-hybridized carbons (Fsp3) is 0.304. The van der Waals surface area contributed by atoms with Gasteiger partial charge in [-0.3, -0.25) is 14.4 Å². The normalized spacial score (nSPS) is 14.7. The number of hydrogen-bond donors (Lipinski definition) is 2. The van der Waals surface area contributed by atoms with Gasteiger partial charge in [0.05, 0.1) is 17.2 Å². The summed E-state index contributed by atoms with van der Waals surface area (Å²) in [5, 5.41) is 7.65. The highest BCUT2D eigenvalue weighted by molar-refractivity contribution is 5.83. The summed E-state index contributed by atoms with van der Waals surface area (Å²) in [6, 6.07) is 10.2. The molecule has 1 aliphatic rings. The van der Waals surface area contributed by atoms with E-state index >= 15 is 0 Å². The van der Waals surface area contributed by atoms with E-state index in [-0.39, 0.29) is 0 Å². The molecule has 0 atom stereocenters. The maximum Gasteiger partial charge on any atom is 0.209 e. The lowest BCUT2D eigenvalue weighted by Gasteiger charge is -2.32. The van der Waals surface area contributed by atoms with Gasteiger partial charge in [0, 0.05) is 57.2 Å². The van der Waals surface area contributed by atoms with Crippen molar-refractivity contribution in [3.63, 3.8) is 0 Å². The van der Waals surface area contributed by atoms with Crippen LogP contribution >= 0.6 is 0 Å². The number of amides is 1. The van der Waals surface area contributed by atoms with Crippen molar-refractivity contribution in [1.82, 2.24) is 34.5 Å². The second-order valence-electron chi connectivity index (χ2n) is 7.99. The highest BCUT2D eigenvalue weighted by atomic mass is 16.1. The Morgan fingerprint density at radius 1 is 1.12 bits per heavy atom. The largest absolute Gasteiger partial charge is 0.343 e. The number of H-pyrrole nitrogens is 1. The molecule has 9 heteroatoms. The van der Waals surface area contributed by atoms with Gasteiger partial charge in [0.15, 0.2) is 0 Å². The molecule has 4 aromatic rings. The van der Waals surface area contributed by atoms with Crippen LogP contribution in [-0.4, -0.2) is 67.1 Å². The molecular formula is C23H26N8O. The Hall–Kier alpha value is -3.72. The summed E-state index contributed by atoms with van der Waals surface area (Å²) in [7, 11) is 0. The van der Waals surface area contributed by atoms with Gasteiger partial charge in [-0.05, 0) is 42.3 Å². The highest BCUT2D eigenvalue weighted by Crippen LogP contribution is 2.25. The number of nitrogens with zero attached hydrogens (tertiary/aromatic N) is 6. The molecule has 0 unspecified atom stereocenters. The fourth-order valence-electron chi connectivity index (χ4n) is 3.98. The Kier molecular flexibility index (Phi) is 5.55. The van der Waals surface area contributed by atoms with Crippen molar-refractivity contribution < 1.29 is 4.79 Å². The number of nitrogens with one attached hydrogen (secondary N) is 2. The monoisotopic (exact) mass is 430 g/mol. The summed E-state index contributed by atoms with van der Waals surface area (Å²) in [4.78, 5) is 27.5. The van der Waals surface area contributed by atoms with Gasteiger partial charge in [0.2, 0.25) is 12.4 Å². The zero-order chi connectivity index (χ0) is 21.9. The van der Waals surface area contributed by atoms with Crippen molar-refractivity contribution in [2.75, 3.05) is 31.5 Å². The molecule has 3 aromatic heterocycles. The molecule has 1 fully saturated rings. The van der Waals surface area contributed by atoms with E-state index in [1.807, 2.05) is 46.4 Å². The second-order valence-corrected chi connectivity index (χ2v) is 7.99. The van der Waals surface area contributed by atoms with Crippen LogP contribution in [0.3, 0.4) is 0 Å². The standard InChI is InChI=1S/C23H26N8O/c1-2-31-15-19(13-25-31)18-3-4-20-21(12-18)27-23(26-20)28-22-11-17(5-6-24-22)14-29-7-9-30(16-32)10-8-29/h3-6,11-13,15-16H,2,7-10,14H2,1H3,(H2,24,26,27,28). The van der Waals surface area contributed by atoms with Crippen LogP contribution in [0.4, 0.5) is 11.8 Å². The number of carbonyl (C=O) groups is 1. The van der Waals surface area contributed by atoms with Crippen LogP contribution in [0.5, 0.6) is 0 Å². The Morgan fingerprint density at radius 3 is 2.78 bits per heavy atom. The van der Waals surface area contributed by atoms with Gasteiger partial charge < -0.3 is 15.2 Å². The van der Waals surface area contributed by atoms with Crippen molar-refractivity contribution in [3.05, 3.63) is 54.5 Å². The molecule has 1 aliphatic heterocycles. The van der Waals surface area contributed by atoms with E-state index in [2.05, 4.69) is 49.3 Å². The molecule has 2 N–H and O–H groups in total. The summed E-state index contributed by atoms with van der Waals surface area (Å²) >= 11 is 0. The first-order valence-corrected chi connectivity index (χ1v) is 10.9. The number of pyridine rings is 1. The summed E-state index contributed by atoms with van der Waals surface area (Å²) in [6.45, 7) is 7.07. The summed E-state index contributed by atoms with van der Waals surface area (Å²) in [6.07, 6.45) is 6.67. The topological polar surface area (TPSA) is 95.0 Å². The van der Waals surface area contributed by atoms with E-state index < -0.39 is 0 Å². The summed E-state index contributed by atoms with van der Waals surface area (Å²) in [5.74, 6) is 1.41. The minimum atomic E-state index is 0.658. The minimum Gasteiger partial charge on any atom is -0.343 e. The van der Waals surface area contributed by atoms with Crippen LogP contribution in [0, 0.1) is 0 Å². The number of aromatic nitrogens is 5. The average Bonchev–Trinajstić information content (AvgIpc) is 3.46. The number of fused-ring (bicyclic) bond motifs is 1. The molecule has 0 aliphatic carbocycles. The maximum atomic E-state index is 10.9. The van der Waals surface area contributed by atoms with E-state index in [1.165, 1.54) is 5.56 Å². The number of piperazine rings is 1. The fourth-order valence-corrected chi connectivity index (χ4v) is 3.98. The highest BCUT2D eigenvalue weighted by Gasteiger charge is 2.15. The molecule has 32 heavy (non-hydrogen) atoms. The molecule has 1 amide bonds. The SMILES string of the molecule is CCn1cc(-c2ccc3nc(Nc4cc(CN5CCN(C=O)CC5)ccn4)[nH]c3c2)cn1. The average molecular weight is 431 g/mol. The van der Waals surface area contributed by atoms with Gasteiger partial charge in [-0.2, -0.15) is 5.10 Å². The molecule has 1 saturated heterocycles. The van der Waals surface area contributed by atoms with Crippen molar-refractivity contribution >= 4 is 29.2 Å². The van der Waals surface area contributed by atoms with Crippen molar-refractivity contribution in [1.29, 1.82) is 0 Å². The zero-order valence-corrected chi connectivity index (χ0v) is 18.0. The number of carbonyl (C=O) groups excluding carboxylic acids is 1. The number of aryl methyl sites for hydroxylation is 1. The van der Waals surface area contributed by atoms with Crippen LogP contribution in [0.2, 0.25) is 0 Å². The van der Waals surface area contributed by atoms with Crippen molar-refractivity contribution in [2.45, 2.75) is 20.0 Å². The predicted octanol–water partition coefficient (Wildman–Crippen LogP) is 2.86. The van der Waals surface area contributed by atoms with Gasteiger partial charge in [-0.1, -0.05) is 6.07 Å². The van der Waals surface area contributed by atoms with Crippen molar-refractivity contribution in [3.8, 4) is 11.1 Å². The third kappa shape index (κ3) is 4.33. The first kappa shape index (κ1) is 20.2. The Balaban J connectivity index is 1.29. The van der Waals surface area contributed by atoms with Crippen LogP contribution < -0.4 is 5.32 Å². The van der Waals surface area contributed by atoms with Gasteiger partial charge in [0.1, 0.15) is 5.82 Å². The van der Waals surface area contributed by atoms with Gasteiger partial charge >= 0.3 is 0 Å². The number of rotatable bonds is 7. The van der Waals surface area contributed by atoms with Crippen LogP contribution in [-0.2, 0) is 17.9 Å². The molecular weight excluding hydrogens is 404 g/mol. The van der Waals surface area contributed by atoms with E-state index in [9.17, 15) is 4.79 Å². The van der Waals surface area contributed by atoms with Crippen molar-refractivity contribution in [2.24, 2.45) is 0 Å². The molecule has 4 heterocycles. The zero-order valence-electron chi connectivity index (χ0n) is 18.0. The van der Waals surface area contributed by atoms with E-state index in [0.29, 0.717) is 5.95 Å². The van der Waals surface area contributed by atoms with Gasteiger partial charge in [-0.25, -0.2) is 9.97 Å². The lowest BCUT2D eigenvalue weighted by atomic mass is 10.1. The smallest absolute Gasteiger partial charge is 0.209 e. The van der Waals surface area contributed by atoms with E-state index in [0.717, 1.165) is 73.7 Å². The second kappa shape index (κ2) is 8.80. The Morgan fingerprint density at radius 2 is 2.00 bits per heavy atom. The van der Waals surface area contributed by atoms with Crippen LogP contribution in [0.15, 0.2) is 48.9 Å². The third-order valence-corrected chi connectivity index (χ3v) is 5.81. The van der Waals surface area contributed by atoms with E-state index in [1.54, 1.807) is 0 Å². The molecule has 9 nitrogen and oxygen atoms in total. The molecule has 1 aromatic carbocycles. The van der Waals surface area contributed by atoms with E-state index in [4.69, 9.17) is 0 Å². The van der Waals surface area contributed by atoms with Crippen LogP contribution in [0.25, 0.3) is 22.2 Å². The lowest BCUT2D eigenvalue weighted by Crippen LogP contribution is -2.45. The maximum absolute atomic E-state index is 10.9.